The van der Waals surface area contributed by atoms with E-state index in [9.17, 15) is 4.79 Å². The van der Waals surface area contributed by atoms with Gasteiger partial charge in [-0.15, -0.1) is 0 Å². The Hall–Kier alpha value is -2.24. The second kappa shape index (κ2) is 4.56. The van der Waals surface area contributed by atoms with Gasteiger partial charge in [0, 0.05) is 25.5 Å². The Kier molecular flexibility index (Phi) is 2.76. The largest absolute Gasteiger partial charge is 0.338 e. The van der Waals surface area contributed by atoms with Crippen LogP contribution in [0.25, 0.3) is 0 Å². The standard InChI is InChI=1S/C12H13N5O/c18-12(6-10-2-1-3-13-7-10)16-8-11(9-16)17-14-4-5-15-17/h1-5,7,11H,6,8-9H2. The van der Waals surface area contributed by atoms with Crippen LogP contribution in [0.3, 0.4) is 0 Å². The van der Waals surface area contributed by atoms with E-state index in [4.69, 9.17) is 0 Å². The van der Waals surface area contributed by atoms with Gasteiger partial charge in [-0.1, -0.05) is 6.07 Å². The molecule has 3 rings (SSSR count). The van der Waals surface area contributed by atoms with Crippen LogP contribution < -0.4 is 0 Å². The SMILES string of the molecule is O=C(Cc1cccnc1)N1CC(n2nccn2)C1. The first-order chi connectivity index (χ1) is 8.83. The minimum absolute atomic E-state index is 0.131. The van der Waals surface area contributed by atoms with E-state index in [1.807, 2.05) is 17.0 Å². The van der Waals surface area contributed by atoms with E-state index >= 15 is 0 Å². The Labute approximate surface area is 104 Å². The summed E-state index contributed by atoms with van der Waals surface area (Å²) in [4.78, 5) is 19.4. The summed E-state index contributed by atoms with van der Waals surface area (Å²) < 4.78 is 0. The molecule has 1 fully saturated rings. The Morgan fingerprint density at radius 1 is 1.28 bits per heavy atom. The van der Waals surface area contributed by atoms with Crippen LogP contribution in [-0.4, -0.2) is 43.9 Å². The van der Waals surface area contributed by atoms with Crippen molar-refractivity contribution in [3.8, 4) is 0 Å². The van der Waals surface area contributed by atoms with Gasteiger partial charge < -0.3 is 4.90 Å². The smallest absolute Gasteiger partial charge is 0.227 e. The lowest BCUT2D eigenvalue weighted by Crippen LogP contribution is -2.51. The molecule has 0 radical (unpaired) electrons. The van der Waals surface area contributed by atoms with Gasteiger partial charge in [-0.2, -0.15) is 15.0 Å². The quantitative estimate of drug-likeness (QED) is 0.777. The van der Waals surface area contributed by atoms with Gasteiger partial charge in [-0.25, -0.2) is 0 Å². The van der Waals surface area contributed by atoms with Gasteiger partial charge in [0.25, 0.3) is 0 Å². The normalized spacial score (nSPS) is 15.4. The molecule has 0 spiro atoms. The highest BCUT2D eigenvalue weighted by molar-refractivity contribution is 5.79. The lowest BCUT2D eigenvalue weighted by Gasteiger charge is -2.38. The average molecular weight is 243 g/mol. The van der Waals surface area contributed by atoms with Gasteiger partial charge in [0.1, 0.15) is 6.04 Å². The number of likely N-dealkylation sites (tertiary alicyclic amines) is 1. The lowest BCUT2D eigenvalue weighted by atomic mass is 10.1. The number of pyridine rings is 1. The van der Waals surface area contributed by atoms with E-state index in [-0.39, 0.29) is 11.9 Å². The molecule has 6 heteroatoms. The molecule has 0 aromatic carbocycles. The average Bonchev–Trinajstić information content (AvgIpc) is 2.82. The van der Waals surface area contributed by atoms with Crippen LogP contribution in [0, 0.1) is 0 Å². The number of rotatable bonds is 3. The van der Waals surface area contributed by atoms with Gasteiger partial charge in [0.15, 0.2) is 0 Å². The molecule has 1 aliphatic rings. The third-order valence-corrected chi connectivity index (χ3v) is 3.06. The second-order valence-electron chi connectivity index (χ2n) is 4.34. The summed E-state index contributed by atoms with van der Waals surface area (Å²) in [6.45, 7) is 1.38. The molecule has 0 aliphatic carbocycles. The van der Waals surface area contributed by atoms with Crippen LogP contribution in [0.4, 0.5) is 0 Å². The fourth-order valence-electron chi connectivity index (χ4n) is 2.01. The highest BCUT2D eigenvalue weighted by Crippen LogP contribution is 2.19. The number of hydrogen-bond acceptors (Lipinski definition) is 4. The fraction of sp³-hybridized carbons (Fsp3) is 0.333. The molecule has 0 N–H and O–H groups in total. The molecule has 6 nitrogen and oxygen atoms in total. The lowest BCUT2D eigenvalue weighted by molar-refractivity contribution is -0.136. The van der Waals surface area contributed by atoms with Crippen LogP contribution in [0.5, 0.6) is 0 Å². The maximum absolute atomic E-state index is 12.0. The first-order valence-electron chi connectivity index (χ1n) is 5.85. The summed E-state index contributed by atoms with van der Waals surface area (Å²) in [7, 11) is 0. The van der Waals surface area contributed by atoms with Crippen LogP contribution in [0.1, 0.15) is 11.6 Å². The molecule has 0 bridgehead atoms. The monoisotopic (exact) mass is 243 g/mol. The molecule has 1 amide bonds. The summed E-state index contributed by atoms with van der Waals surface area (Å²) in [5.41, 5.74) is 0.947. The highest BCUT2D eigenvalue weighted by atomic mass is 16.2. The molecule has 0 atom stereocenters. The van der Waals surface area contributed by atoms with Gasteiger partial charge in [-0.05, 0) is 11.6 Å². The third-order valence-electron chi connectivity index (χ3n) is 3.06. The first-order valence-corrected chi connectivity index (χ1v) is 5.85. The molecule has 18 heavy (non-hydrogen) atoms. The molecular weight excluding hydrogens is 230 g/mol. The maximum Gasteiger partial charge on any atom is 0.227 e. The summed E-state index contributed by atoms with van der Waals surface area (Å²) in [5, 5.41) is 8.15. The minimum Gasteiger partial charge on any atom is -0.338 e. The molecule has 2 aromatic rings. The number of amides is 1. The molecule has 3 heterocycles. The van der Waals surface area contributed by atoms with Gasteiger partial charge in [-0.3, -0.25) is 9.78 Å². The van der Waals surface area contributed by atoms with E-state index in [2.05, 4.69) is 15.2 Å². The molecule has 2 aromatic heterocycles. The van der Waals surface area contributed by atoms with Crippen LogP contribution in [0.2, 0.25) is 0 Å². The number of carbonyl (C=O) groups excluding carboxylic acids is 1. The van der Waals surface area contributed by atoms with Crippen molar-refractivity contribution < 1.29 is 4.79 Å². The summed E-state index contributed by atoms with van der Waals surface area (Å²) in [5.74, 6) is 0.131. The zero-order valence-corrected chi connectivity index (χ0v) is 9.81. The summed E-state index contributed by atoms with van der Waals surface area (Å²) >= 11 is 0. The summed E-state index contributed by atoms with van der Waals surface area (Å²) in [6, 6.07) is 3.98. The Bertz CT molecular complexity index is 519. The zero-order valence-electron chi connectivity index (χ0n) is 9.81. The van der Waals surface area contributed by atoms with E-state index in [0.29, 0.717) is 19.5 Å². The molecule has 92 valence electrons. The van der Waals surface area contributed by atoms with Crippen molar-refractivity contribution >= 4 is 5.91 Å². The highest BCUT2D eigenvalue weighted by Gasteiger charge is 2.32. The van der Waals surface area contributed by atoms with E-state index in [0.717, 1.165) is 5.56 Å². The van der Waals surface area contributed by atoms with Crippen molar-refractivity contribution in [2.45, 2.75) is 12.5 Å². The molecule has 1 saturated heterocycles. The number of hydrogen-bond donors (Lipinski definition) is 0. The van der Waals surface area contributed by atoms with Crippen LogP contribution in [-0.2, 0) is 11.2 Å². The van der Waals surface area contributed by atoms with Gasteiger partial charge in [0.2, 0.25) is 5.91 Å². The first kappa shape index (κ1) is 10.9. The zero-order chi connectivity index (χ0) is 12.4. The number of carbonyl (C=O) groups is 1. The van der Waals surface area contributed by atoms with E-state index in [1.54, 1.807) is 29.6 Å². The minimum atomic E-state index is 0.131. The van der Waals surface area contributed by atoms with Crippen LogP contribution >= 0.6 is 0 Å². The molecular formula is C12H13N5O. The van der Waals surface area contributed by atoms with E-state index in [1.165, 1.54) is 0 Å². The number of aromatic nitrogens is 4. The summed E-state index contributed by atoms with van der Waals surface area (Å²) in [6.07, 6.45) is 7.15. The Balaban J connectivity index is 1.54. The van der Waals surface area contributed by atoms with Gasteiger partial charge in [0.05, 0.1) is 18.8 Å². The number of nitrogens with zero attached hydrogens (tertiary/aromatic N) is 5. The van der Waals surface area contributed by atoms with Gasteiger partial charge >= 0.3 is 0 Å². The van der Waals surface area contributed by atoms with Crippen LogP contribution in [0.15, 0.2) is 36.9 Å². The molecule has 0 saturated carbocycles. The fourth-order valence-corrected chi connectivity index (χ4v) is 2.01. The molecule has 0 unspecified atom stereocenters. The van der Waals surface area contributed by atoms with Crippen molar-refractivity contribution in [2.24, 2.45) is 0 Å². The van der Waals surface area contributed by atoms with Crippen molar-refractivity contribution in [3.63, 3.8) is 0 Å². The van der Waals surface area contributed by atoms with Crippen molar-refractivity contribution in [2.75, 3.05) is 13.1 Å². The predicted molar refractivity (Wildman–Crippen MR) is 63.6 cm³/mol. The second-order valence-corrected chi connectivity index (χ2v) is 4.34. The topological polar surface area (TPSA) is 63.9 Å². The molecule has 1 aliphatic heterocycles. The third kappa shape index (κ3) is 2.09. The van der Waals surface area contributed by atoms with Crippen molar-refractivity contribution in [3.05, 3.63) is 42.5 Å². The van der Waals surface area contributed by atoms with Crippen molar-refractivity contribution in [1.29, 1.82) is 0 Å². The van der Waals surface area contributed by atoms with E-state index < -0.39 is 0 Å². The maximum atomic E-state index is 12.0. The predicted octanol–water partition coefficient (Wildman–Crippen LogP) is 0.299. The Morgan fingerprint density at radius 2 is 2.06 bits per heavy atom. The Morgan fingerprint density at radius 3 is 2.72 bits per heavy atom. The van der Waals surface area contributed by atoms with Crippen molar-refractivity contribution in [1.82, 2.24) is 24.9 Å².